The van der Waals surface area contributed by atoms with Crippen molar-refractivity contribution in [2.45, 2.75) is 69.4 Å². The maximum atomic E-state index is 15.0. The zero-order chi connectivity index (χ0) is 36.3. The van der Waals surface area contributed by atoms with Crippen molar-refractivity contribution in [1.82, 2.24) is 10.2 Å². The van der Waals surface area contributed by atoms with Gasteiger partial charge in [-0.25, -0.2) is 0 Å². The number of fused-ring (bicyclic) bond motifs is 2. The number of aliphatic hydroxyl groups is 1. The first-order valence-electron chi connectivity index (χ1n) is 17.8. The van der Waals surface area contributed by atoms with Gasteiger partial charge in [0.2, 0.25) is 11.8 Å². The number of carbonyl (C=O) groups is 4. The molecule has 10 heteroatoms. The Kier molecular flexibility index (Phi) is 10.7. The molecule has 3 fully saturated rings. The van der Waals surface area contributed by atoms with Gasteiger partial charge in [-0.15, -0.1) is 13.2 Å². The Morgan fingerprint density at radius 3 is 2.47 bits per heavy atom. The quantitative estimate of drug-likeness (QED) is 0.167. The minimum Gasteiger partial charge on any atom is -0.463 e. The first-order chi connectivity index (χ1) is 24.6. The van der Waals surface area contributed by atoms with Crippen LogP contribution >= 0.6 is 0 Å². The predicted molar refractivity (Wildman–Crippen MR) is 194 cm³/mol. The van der Waals surface area contributed by atoms with Gasteiger partial charge in [0.15, 0.2) is 0 Å². The van der Waals surface area contributed by atoms with E-state index in [1.807, 2.05) is 86.6 Å². The van der Waals surface area contributed by atoms with Crippen LogP contribution < -0.4 is 10.2 Å². The first kappa shape index (κ1) is 36.0. The van der Waals surface area contributed by atoms with E-state index in [0.717, 1.165) is 16.3 Å². The molecule has 268 valence electrons. The third kappa shape index (κ3) is 6.70. The zero-order valence-corrected chi connectivity index (χ0v) is 29.3. The molecule has 0 unspecified atom stereocenters. The fourth-order valence-electron chi connectivity index (χ4n) is 8.23. The second-order valence-electron chi connectivity index (χ2n) is 14.0. The zero-order valence-electron chi connectivity index (χ0n) is 29.3. The van der Waals surface area contributed by atoms with Crippen LogP contribution in [0.5, 0.6) is 0 Å². The van der Waals surface area contributed by atoms with Crippen molar-refractivity contribution >= 4 is 40.2 Å². The van der Waals surface area contributed by atoms with Crippen molar-refractivity contribution in [3.05, 3.63) is 104 Å². The third-order valence-corrected chi connectivity index (χ3v) is 10.7. The smallest absolute Gasteiger partial charge is 0.306 e. The van der Waals surface area contributed by atoms with Crippen LogP contribution in [0, 0.1) is 17.8 Å². The van der Waals surface area contributed by atoms with Crippen LogP contribution in [0.2, 0.25) is 0 Å². The van der Waals surface area contributed by atoms with Gasteiger partial charge in [0.05, 0.1) is 36.6 Å². The molecule has 0 aliphatic carbocycles. The van der Waals surface area contributed by atoms with E-state index in [2.05, 4.69) is 18.5 Å². The lowest BCUT2D eigenvalue weighted by atomic mass is 9.70. The standard InChI is InChI=1S/C41H47N3O7/c1-5-7-17-34(46)50-25-31(28-14-9-8-10-15-28)42-38(47)35-33-20-21-41(51-33)36(35)39(48)44(32(24-45)26(3)4)37(41)40(49)43(22-6-2)30-19-18-27-13-11-12-16-29(27)23-30/h5-6,8-16,18-19,23,26,31-33,35-37,45H,1-2,7,17,20-22,24-25H2,3-4H3,(H,42,47)/t31-,32+,33+,35-,36-,37+,41-/m1/s1. The number of likely N-dealkylation sites (tertiary alicyclic amines) is 1. The van der Waals surface area contributed by atoms with Gasteiger partial charge >= 0.3 is 5.97 Å². The summed E-state index contributed by atoms with van der Waals surface area (Å²) in [5.74, 6) is -3.59. The molecule has 3 saturated heterocycles. The van der Waals surface area contributed by atoms with E-state index in [-0.39, 0.29) is 43.9 Å². The number of rotatable bonds is 15. The molecule has 3 amide bonds. The number of amides is 3. The predicted octanol–water partition coefficient (Wildman–Crippen LogP) is 5.12. The molecule has 1 spiro atoms. The van der Waals surface area contributed by atoms with Crippen LogP contribution in [0.4, 0.5) is 5.69 Å². The molecule has 3 aromatic rings. The fourth-order valence-corrected chi connectivity index (χ4v) is 8.23. The molecule has 2 bridgehead atoms. The SMILES string of the molecule is C=CCCC(=O)OC[C@@H](NC(=O)[C@@H]1[C@@H]2CC[C@]3(O2)[C@H](C(=O)N(CC=C)c2ccc4ccccc4c2)N([C@@H](CO)C(C)C)C(=O)[C@@H]13)c1ccccc1. The number of hydrogen-bond acceptors (Lipinski definition) is 7. The number of ether oxygens (including phenoxy) is 2. The van der Waals surface area contributed by atoms with E-state index in [4.69, 9.17) is 9.47 Å². The maximum absolute atomic E-state index is 15.0. The summed E-state index contributed by atoms with van der Waals surface area (Å²) in [5, 5.41) is 15.7. The molecule has 3 heterocycles. The molecule has 0 radical (unpaired) electrons. The normalized spacial score (nSPS) is 24.6. The van der Waals surface area contributed by atoms with Crippen molar-refractivity contribution in [1.29, 1.82) is 0 Å². The number of nitrogens with one attached hydrogen (secondary N) is 1. The third-order valence-electron chi connectivity index (χ3n) is 10.7. The van der Waals surface area contributed by atoms with Crippen LogP contribution in [0.25, 0.3) is 10.8 Å². The number of benzene rings is 3. The van der Waals surface area contributed by atoms with Gasteiger partial charge in [0, 0.05) is 18.7 Å². The van der Waals surface area contributed by atoms with Crippen LogP contribution in [-0.4, -0.2) is 77.2 Å². The van der Waals surface area contributed by atoms with Crippen LogP contribution in [0.15, 0.2) is 98.1 Å². The van der Waals surface area contributed by atoms with E-state index in [9.17, 15) is 19.5 Å². The lowest BCUT2D eigenvalue weighted by Gasteiger charge is -2.40. The number of nitrogens with zero attached hydrogens (tertiary/aromatic N) is 2. The molecular formula is C41H47N3O7. The largest absolute Gasteiger partial charge is 0.463 e. The van der Waals surface area contributed by atoms with Gasteiger partial charge < -0.3 is 29.7 Å². The number of carbonyl (C=O) groups excluding carboxylic acids is 4. The summed E-state index contributed by atoms with van der Waals surface area (Å²) in [5.41, 5.74) is 0.106. The lowest BCUT2D eigenvalue weighted by Crippen LogP contribution is -2.59. The summed E-state index contributed by atoms with van der Waals surface area (Å²) in [6.07, 6.45) is 4.22. The van der Waals surface area contributed by atoms with Crippen molar-refractivity contribution in [3.8, 4) is 0 Å². The van der Waals surface area contributed by atoms with Crippen LogP contribution in [0.3, 0.4) is 0 Å². The van der Waals surface area contributed by atoms with Gasteiger partial charge in [0.25, 0.3) is 5.91 Å². The number of allylic oxidation sites excluding steroid dienone is 1. The molecule has 0 aromatic heterocycles. The van der Waals surface area contributed by atoms with Gasteiger partial charge in [-0.2, -0.15) is 0 Å². The molecule has 7 atom stereocenters. The maximum Gasteiger partial charge on any atom is 0.306 e. The van der Waals surface area contributed by atoms with E-state index in [1.165, 1.54) is 4.90 Å². The molecule has 51 heavy (non-hydrogen) atoms. The van der Waals surface area contributed by atoms with Crippen molar-refractivity contribution in [2.75, 3.05) is 24.7 Å². The average molecular weight is 694 g/mol. The number of aliphatic hydroxyl groups excluding tert-OH is 1. The Bertz CT molecular complexity index is 1790. The van der Waals surface area contributed by atoms with E-state index < -0.39 is 53.5 Å². The summed E-state index contributed by atoms with van der Waals surface area (Å²) in [4.78, 5) is 59.7. The minimum absolute atomic E-state index is 0.0941. The van der Waals surface area contributed by atoms with Gasteiger partial charge in [-0.05, 0) is 53.6 Å². The number of hydrogen-bond donors (Lipinski definition) is 2. The molecule has 3 aliphatic rings. The average Bonchev–Trinajstić information content (AvgIpc) is 3.79. The van der Waals surface area contributed by atoms with Crippen LogP contribution in [-0.2, 0) is 28.7 Å². The first-order valence-corrected chi connectivity index (χ1v) is 17.8. The van der Waals surface area contributed by atoms with E-state index in [1.54, 1.807) is 17.1 Å². The van der Waals surface area contributed by atoms with Gasteiger partial charge in [-0.3, -0.25) is 19.2 Å². The molecule has 2 N–H and O–H groups in total. The second kappa shape index (κ2) is 15.2. The lowest BCUT2D eigenvalue weighted by molar-refractivity contribution is -0.147. The number of esters is 1. The van der Waals surface area contributed by atoms with Crippen molar-refractivity contribution in [2.24, 2.45) is 17.8 Å². The van der Waals surface area contributed by atoms with E-state index >= 15 is 4.79 Å². The van der Waals surface area contributed by atoms with Gasteiger partial charge in [0.1, 0.15) is 18.2 Å². The van der Waals surface area contributed by atoms with E-state index in [0.29, 0.717) is 24.9 Å². The minimum atomic E-state index is -1.28. The monoisotopic (exact) mass is 693 g/mol. The molecule has 3 aliphatic heterocycles. The topological polar surface area (TPSA) is 125 Å². The van der Waals surface area contributed by atoms with Crippen molar-refractivity contribution < 1.29 is 33.8 Å². The Labute approximate surface area is 299 Å². The summed E-state index contributed by atoms with van der Waals surface area (Å²) in [7, 11) is 0. The fraction of sp³-hybridized carbons (Fsp3) is 0.415. The summed E-state index contributed by atoms with van der Waals surface area (Å²) in [6.45, 7) is 11.1. The number of anilines is 1. The molecule has 0 saturated carbocycles. The molecule has 6 rings (SSSR count). The Morgan fingerprint density at radius 2 is 1.78 bits per heavy atom. The molecule has 10 nitrogen and oxygen atoms in total. The highest BCUT2D eigenvalue weighted by Crippen LogP contribution is 2.59. The highest BCUT2D eigenvalue weighted by atomic mass is 16.5. The highest BCUT2D eigenvalue weighted by molar-refractivity contribution is 6.06. The second-order valence-corrected chi connectivity index (χ2v) is 14.0. The van der Waals surface area contributed by atoms with Gasteiger partial charge in [-0.1, -0.05) is 86.7 Å². The van der Waals surface area contributed by atoms with Crippen molar-refractivity contribution in [3.63, 3.8) is 0 Å². The molecule has 3 aromatic carbocycles. The van der Waals surface area contributed by atoms with Crippen LogP contribution in [0.1, 0.15) is 51.1 Å². The Morgan fingerprint density at radius 1 is 1.06 bits per heavy atom. The molecular weight excluding hydrogens is 646 g/mol. The summed E-state index contributed by atoms with van der Waals surface area (Å²) in [6, 6.07) is 20.4. The highest BCUT2D eigenvalue weighted by Gasteiger charge is 2.75. The Hall–Kier alpha value is -4.80. The Balaban J connectivity index is 1.35. The summed E-state index contributed by atoms with van der Waals surface area (Å²) < 4.78 is 12.3. The summed E-state index contributed by atoms with van der Waals surface area (Å²) >= 11 is 0.